The minimum absolute atomic E-state index is 0.113. The lowest BCUT2D eigenvalue weighted by molar-refractivity contribution is 0.660. The van der Waals surface area contributed by atoms with E-state index >= 15 is 0 Å². The van der Waals surface area contributed by atoms with Crippen molar-refractivity contribution >= 4 is 17.1 Å². The van der Waals surface area contributed by atoms with Gasteiger partial charge in [0.25, 0.3) is 0 Å². The second-order valence-electron chi connectivity index (χ2n) is 16.0. The van der Waals surface area contributed by atoms with Crippen LogP contribution in [0.3, 0.4) is 0 Å². The minimum Gasteiger partial charge on any atom is -0.310 e. The number of hydrogen-bond acceptors (Lipinski definition) is 1. The highest BCUT2D eigenvalue weighted by Gasteiger charge is 2.38. The van der Waals surface area contributed by atoms with Gasteiger partial charge in [0.2, 0.25) is 0 Å². The molecule has 1 nitrogen and oxygen atoms in total. The second-order valence-corrected chi connectivity index (χ2v) is 16.0. The van der Waals surface area contributed by atoms with E-state index in [0.717, 1.165) is 0 Å². The van der Waals surface area contributed by atoms with Crippen molar-refractivity contribution in [3.05, 3.63) is 185 Å². The number of hydrogen-bond donors (Lipinski definition) is 0. The first kappa shape index (κ1) is 32.3. The number of rotatable bonds is 5. The summed E-state index contributed by atoms with van der Waals surface area (Å²) in [6, 6.07) is 54.8. The minimum atomic E-state index is -0.113. The van der Waals surface area contributed by atoms with Crippen LogP contribution in [0.4, 0.5) is 17.1 Å². The molecule has 0 saturated carbocycles. The highest BCUT2D eigenvalue weighted by atomic mass is 15.1. The maximum absolute atomic E-state index is 2.55. The highest BCUT2D eigenvalue weighted by molar-refractivity contribution is 5.95. The van der Waals surface area contributed by atoms with Gasteiger partial charge in [-0.15, -0.1) is 0 Å². The standard InChI is InChI=1S/C51H45N/c1-32-20-22-35(23-21-32)36-28-34(3)49(44(29-36)39-15-9-8-14-33(39)2)52(37-24-26-42-40-16-10-12-18-45(40)50(4,5)47(42)30-37)38-25-27-43-41-17-11-13-19-46(41)51(6,7)48(43)31-38/h8-31H,1-7H3. The third-order valence-electron chi connectivity index (χ3n) is 12.0. The van der Waals surface area contributed by atoms with E-state index in [4.69, 9.17) is 0 Å². The average Bonchev–Trinajstić information content (AvgIpc) is 3.52. The molecule has 7 aromatic carbocycles. The van der Waals surface area contributed by atoms with Crippen molar-refractivity contribution in [1.29, 1.82) is 0 Å². The Morgan fingerprint density at radius 2 is 0.846 bits per heavy atom. The molecule has 9 rings (SSSR count). The van der Waals surface area contributed by atoms with Crippen LogP contribution in [0.25, 0.3) is 44.5 Å². The van der Waals surface area contributed by atoms with Crippen LogP contribution in [-0.4, -0.2) is 0 Å². The molecule has 0 saturated heterocycles. The molecule has 254 valence electrons. The molecular weight excluding hydrogens is 627 g/mol. The van der Waals surface area contributed by atoms with Gasteiger partial charge < -0.3 is 4.90 Å². The Kier molecular flexibility index (Phi) is 7.25. The Balaban J connectivity index is 1.33. The molecule has 2 aliphatic carbocycles. The predicted molar refractivity (Wildman–Crippen MR) is 221 cm³/mol. The third-order valence-corrected chi connectivity index (χ3v) is 12.0. The van der Waals surface area contributed by atoms with Gasteiger partial charge in [-0.3, -0.25) is 0 Å². The zero-order chi connectivity index (χ0) is 35.9. The maximum Gasteiger partial charge on any atom is 0.0569 e. The van der Waals surface area contributed by atoms with Gasteiger partial charge in [0.1, 0.15) is 0 Å². The van der Waals surface area contributed by atoms with E-state index in [0.29, 0.717) is 0 Å². The summed E-state index contributed by atoms with van der Waals surface area (Å²) >= 11 is 0. The first-order chi connectivity index (χ1) is 25.0. The quantitative estimate of drug-likeness (QED) is 0.176. The number of nitrogens with zero attached hydrogens (tertiary/aromatic N) is 1. The van der Waals surface area contributed by atoms with E-state index in [1.807, 2.05) is 0 Å². The lowest BCUT2D eigenvalue weighted by atomic mass is 9.82. The maximum atomic E-state index is 2.55. The second kappa shape index (κ2) is 11.7. The van der Waals surface area contributed by atoms with Crippen LogP contribution in [-0.2, 0) is 10.8 Å². The third kappa shape index (κ3) is 4.83. The van der Waals surface area contributed by atoms with Gasteiger partial charge in [0, 0.05) is 27.8 Å². The van der Waals surface area contributed by atoms with E-state index in [1.165, 1.54) is 101 Å². The molecule has 0 heterocycles. The van der Waals surface area contributed by atoms with Crippen LogP contribution in [0, 0.1) is 20.8 Å². The van der Waals surface area contributed by atoms with Crippen molar-refractivity contribution < 1.29 is 0 Å². The molecular formula is C51H45N. The summed E-state index contributed by atoms with van der Waals surface area (Å²) in [5, 5.41) is 0. The number of aryl methyl sites for hydroxylation is 3. The zero-order valence-electron chi connectivity index (χ0n) is 31.3. The summed E-state index contributed by atoms with van der Waals surface area (Å²) in [5.74, 6) is 0. The van der Waals surface area contributed by atoms with Crippen molar-refractivity contribution in [1.82, 2.24) is 0 Å². The topological polar surface area (TPSA) is 3.24 Å². The molecule has 7 aromatic rings. The van der Waals surface area contributed by atoms with Crippen LogP contribution in [0.15, 0.2) is 146 Å². The van der Waals surface area contributed by atoms with Crippen LogP contribution < -0.4 is 4.90 Å². The molecule has 0 aliphatic heterocycles. The summed E-state index contributed by atoms with van der Waals surface area (Å²) in [6.07, 6.45) is 0. The predicted octanol–water partition coefficient (Wildman–Crippen LogP) is 14.0. The van der Waals surface area contributed by atoms with Gasteiger partial charge in [0.05, 0.1) is 5.69 Å². The first-order valence-corrected chi connectivity index (χ1v) is 18.6. The van der Waals surface area contributed by atoms with Crippen molar-refractivity contribution in [2.45, 2.75) is 59.3 Å². The van der Waals surface area contributed by atoms with E-state index in [-0.39, 0.29) is 10.8 Å². The Labute approximate surface area is 309 Å². The van der Waals surface area contributed by atoms with E-state index in [2.05, 4.69) is 199 Å². The first-order valence-electron chi connectivity index (χ1n) is 18.6. The molecule has 0 N–H and O–H groups in total. The van der Waals surface area contributed by atoms with Gasteiger partial charge >= 0.3 is 0 Å². The molecule has 1 heteroatoms. The number of anilines is 3. The largest absolute Gasteiger partial charge is 0.310 e. The van der Waals surface area contributed by atoms with Crippen LogP contribution in [0.5, 0.6) is 0 Å². The van der Waals surface area contributed by atoms with E-state index in [1.54, 1.807) is 0 Å². The van der Waals surface area contributed by atoms with Crippen molar-refractivity contribution in [3.8, 4) is 44.5 Å². The van der Waals surface area contributed by atoms with Gasteiger partial charge in [-0.1, -0.05) is 142 Å². The van der Waals surface area contributed by atoms with Crippen molar-refractivity contribution in [2.24, 2.45) is 0 Å². The SMILES string of the molecule is Cc1ccc(-c2cc(C)c(N(c3ccc4c(c3)C(C)(C)c3ccccc3-4)c3ccc4c(c3)C(C)(C)c3ccccc3-4)c(-c3ccccc3C)c2)cc1. The van der Waals surface area contributed by atoms with Crippen LogP contribution >= 0.6 is 0 Å². The van der Waals surface area contributed by atoms with Crippen molar-refractivity contribution in [3.63, 3.8) is 0 Å². The fraction of sp³-hybridized carbons (Fsp3) is 0.176. The van der Waals surface area contributed by atoms with Crippen LogP contribution in [0.1, 0.15) is 66.6 Å². The van der Waals surface area contributed by atoms with Crippen LogP contribution in [0.2, 0.25) is 0 Å². The lowest BCUT2D eigenvalue weighted by Crippen LogP contribution is -2.19. The molecule has 0 amide bonds. The Hall–Kier alpha value is -5.66. The Morgan fingerprint density at radius 3 is 1.38 bits per heavy atom. The van der Waals surface area contributed by atoms with Gasteiger partial charge in [-0.2, -0.15) is 0 Å². The monoisotopic (exact) mass is 671 g/mol. The molecule has 0 bridgehead atoms. The summed E-state index contributed by atoms with van der Waals surface area (Å²) in [4.78, 5) is 2.55. The smallest absolute Gasteiger partial charge is 0.0569 e. The lowest BCUT2D eigenvalue weighted by Gasteiger charge is -2.33. The number of fused-ring (bicyclic) bond motifs is 6. The van der Waals surface area contributed by atoms with Gasteiger partial charge in [0.15, 0.2) is 0 Å². The average molecular weight is 672 g/mol. The molecule has 0 fully saturated rings. The molecule has 0 aromatic heterocycles. The number of benzene rings is 7. The fourth-order valence-electron chi connectivity index (χ4n) is 9.14. The molecule has 0 atom stereocenters. The van der Waals surface area contributed by atoms with Crippen molar-refractivity contribution in [2.75, 3.05) is 4.90 Å². The molecule has 2 aliphatic rings. The highest BCUT2D eigenvalue weighted by Crippen LogP contribution is 2.54. The summed E-state index contributed by atoms with van der Waals surface area (Å²) in [5.41, 5.74) is 22.9. The summed E-state index contributed by atoms with van der Waals surface area (Å²) in [6.45, 7) is 16.2. The molecule has 52 heavy (non-hydrogen) atoms. The molecule has 0 radical (unpaired) electrons. The summed E-state index contributed by atoms with van der Waals surface area (Å²) in [7, 11) is 0. The normalized spacial score (nSPS) is 14.4. The van der Waals surface area contributed by atoms with E-state index in [9.17, 15) is 0 Å². The Morgan fingerprint density at radius 1 is 0.365 bits per heavy atom. The summed E-state index contributed by atoms with van der Waals surface area (Å²) < 4.78 is 0. The van der Waals surface area contributed by atoms with E-state index < -0.39 is 0 Å². The fourth-order valence-corrected chi connectivity index (χ4v) is 9.14. The van der Waals surface area contributed by atoms with Gasteiger partial charge in [-0.05, 0) is 129 Å². The Bertz CT molecular complexity index is 2440. The zero-order valence-corrected chi connectivity index (χ0v) is 31.3. The molecule has 0 spiro atoms. The molecule has 0 unspecified atom stereocenters. The van der Waals surface area contributed by atoms with Gasteiger partial charge in [-0.25, -0.2) is 0 Å².